The van der Waals surface area contributed by atoms with Gasteiger partial charge in [0.2, 0.25) is 0 Å². The molecule has 1 N–H and O–H groups in total. The first kappa shape index (κ1) is 11.4. The van der Waals surface area contributed by atoms with Crippen LogP contribution in [0.15, 0.2) is 12.1 Å². The summed E-state index contributed by atoms with van der Waals surface area (Å²) in [6.07, 6.45) is 0. The van der Waals surface area contributed by atoms with Gasteiger partial charge in [0.05, 0.1) is 13.7 Å². The molecule has 0 saturated heterocycles. The molecular formula is C11H14O4. The summed E-state index contributed by atoms with van der Waals surface area (Å²) in [7, 11) is 1.44. The summed E-state index contributed by atoms with van der Waals surface area (Å²) < 4.78 is 10.3. The van der Waals surface area contributed by atoms with Crippen molar-refractivity contribution in [3.63, 3.8) is 0 Å². The van der Waals surface area contributed by atoms with E-state index in [9.17, 15) is 4.79 Å². The van der Waals surface area contributed by atoms with Crippen LogP contribution in [0.25, 0.3) is 0 Å². The van der Waals surface area contributed by atoms with Gasteiger partial charge in [0, 0.05) is 0 Å². The van der Waals surface area contributed by atoms with Crippen LogP contribution in [0.5, 0.6) is 11.5 Å². The van der Waals surface area contributed by atoms with Crippen molar-refractivity contribution in [2.45, 2.75) is 13.8 Å². The summed E-state index contributed by atoms with van der Waals surface area (Å²) in [6.45, 7) is 4.09. The molecule has 0 saturated carbocycles. The Morgan fingerprint density at radius 1 is 1.40 bits per heavy atom. The van der Waals surface area contributed by atoms with E-state index in [1.54, 1.807) is 19.1 Å². The predicted molar refractivity (Wildman–Crippen MR) is 55.9 cm³/mol. The van der Waals surface area contributed by atoms with E-state index in [1.807, 2.05) is 6.92 Å². The zero-order chi connectivity index (χ0) is 11.4. The summed E-state index contributed by atoms with van der Waals surface area (Å²) in [5, 5.41) is 9.04. The van der Waals surface area contributed by atoms with Crippen LogP contribution in [-0.4, -0.2) is 24.8 Å². The molecule has 82 valence electrons. The number of benzene rings is 1. The van der Waals surface area contributed by atoms with Crippen molar-refractivity contribution in [2.24, 2.45) is 0 Å². The molecule has 0 aliphatic rings. The highest BCUT2D eigenvalue weighted by atomic mass is 16.5. The van der Waals surface area contributed by atoms with Crippen LogP contribution < -0.4 is 9.47 Å². The number of ether oxygens (including phenoxy) is 2. The molecule has 0 aromatic heterocycles. The third-order valence-electron chi connectivity index (χ3n) is 1.94. The van der Waals surface area contributed by atoms with Crippen molar-refractivity contribution in [1.29, 1.82) is 0 Å². The second-order valence-electron chi connectivity index (χ2n) is 3.08. The molecule has 0 unspecified atom stereocenters. The van der Waals surface area contributed by atoms with E-state index in [0.29, 0.717) is 18.1 Å². The molecular weight excluding hydrogens is 196 g/mol. The maximum Gasteiger partial charge on any atom is 0.343 e. The molecule has 4 nitrogen and oxygen atoms in total. The quantitative estimate of drug-likeness (QED) is 0.826. The van der Waals surface area contributed by atoms with Gasteiger partial charge >= 0.3 is 5.97 Å². The lowest BCUT2D eigenvalue weighted by atomic mass is 10.1. The lowest BCUT2D eigenvalue weighted by Crippen LogP contribution is -2.06. The molecule has 0 fully saturated rings. The Hall–Kier alpha value is -1.71. The van der Waals surface area contributed by atoms with Crippen LogP contribution in [0.1, 0.15) is 22.8 Å². The summed E-state index contributed by atoms with van der Waals surface area (Å²) in [5.41, 5.74) is 0.977. The molecule has 1 aromatic rings. The van der Waals surface area contributed by atoms with Crippen LogP contribution >= 0.6 is 0 Å². The predicted octanol–water partition coefficient (Wildman–Crippen LogP) is 2.10. The van der Waals surface area contributed by atoms with E-state index >= 15 is 0 Å². The summed E-state index contributed by atoms with van der Waals surface area (Å²) in [5.74, 6) is -0.372. The zero-order valence-electron chi connectivity index (χ0n) is 9.03. The Labute approximate surface area is 88.4 Å². The molecule has 0 heterocycles. The number of aromatic carboxylic acids is 1. The molecule has 0 bridgehead atoms. The third-order valence-corrected chi connectivity index (χ3v) is 1.94. The summed E-state index contributed by atoms with van der Waals surface area (Å²) >= 11 is 0. The van der Waals surface area contributed by atoms with Crippen LogP contribution in [0.3, 0.4) is 0 Å². The Morgan fingerprint density at radius 3 is 2.47 bits per heavy atom. The number of rotatable bonds is 4. The number of carboxylic acid groups (broad SMARTS) is 1. The van der Waals surface area contributed by atoms with Gasteiger partial charge in [-0.05, 0) is 31.5 Å². The number of hydrogen-bond donors (Lipinski definition) is 1. The number of methoxy groups -OCH3 is 1. The molecule has 0 radical (unpaired) electrons. The van der Waals surface area contributed by atoms with Crippen LogP contribution in [-0.2, 0) is 0 Å². The molecule has 1 aromatic carbocycles. The lowest BCUT2D eigenvalue weighted by molar-refractivity contribution is 0.0688. The highest BCUT2D eigenvalue weighted by molar-refractivity contribution is 5.94. The summed E-state index contributed by atoms with van der Waals surface area (Å²) in [4.78, 5) is 11.0. The minimum Gasteiger partial charge on any atom is -0.496 e. The van der Waals surface area contributed by atoms with E-state index in [1.165, 1.54) is 7.11 Å². The largest absolute Gasteiger partial charge is 0.496 e. The fraction of sp³-hybridized carbons (Fsp3) is 0.364. The van der Waals surface area contributed by atoms with Crippen molar-refractivity contribution < 1.29 is 19.4 Å². The highest BCUT2D eigenvalue weighted by Crippen LogP contribution is 2.30. The minimum absolute atomic E-state index is 0.0740. The highest BCUT2D eigenvalue weighted by Gasteiger charge is 2.18. The van der Waals surface area contributed by atoms with Crippen LogP contribution in [0, 0.1) is 6.92 Å². The smallest absolute Gasteiger partial charge is 0.343 e. The Kier molecular flexibility index (Phi) is 3.55. The van der Waals surface area contributed by atoms with Gasteiger partial charge in [-0.25, -0.2) is 4.79 Å². The first-order chi connectivity index (χ1) is 7.10. The third kappa shape index (κ3) is 2.40. The average molecular weight is 210 g/mol. The lowest BCUT2D eigenvalue weighted by Gasteiger charge is -2.12. The molecule has 1 rings (SSSR count). The SMILES string of the molecule is CCOc1cc(C)cc(OC)c1C(=O)O. The number of carboxylic acids is 1. The number of aryl methyl sites for hydroxylation is 1. The minimum atomic E-state index is -1.05. The molecule has 0 amide bonds. The van der Waals surface area contributed by atoms with E-state index in [2.05, 4.69) is 0 Å². The van der Waals surface area contributed by atoms with Crippen molar-refractivity contribution in [1.82, 2.24) is 0 Å². The van der Waals surface area contributed by atoms with E-state index in [0.717, 1.165) is 5.56 Å². The Balaban J connectivity index is 3.33. The van der Waals surface area contributed by atoms with Gasteiger partial charge in [-0.2, -0.15) is 0 Å². The Bertz CT molecular complexity index is 371. The van der Waals surface area contributed by atoms with Crippen LogP contribution in [0.2, 0.25) is 0 Å². The van der Waals surface area contributed by atoms with Gasteiger partial charge in [0.25, 0.3) is 0 Å². The average Bonchev–Trinajstić information content (AvgIpc) is 2.16. The van der Waals surface area contributed by atoms with Gasteiger partial charge in [0.1, 0.15) is 17.1 Å². The number of carbonyl (C=O) groups is 1. The van der Waals surface area contributed by atoms with Gasteiger partial charge in [-0.15, -0.1) is 0 Å². The van der Waals surface area contributed by atoms with Crippen molar-refractivity contribution >= 4 is 5.97 Å². The van der Waals surface area contributed by atoms with E-state index < -0.39 is 5.97 Å². The van der Waals surface area contributed by atoms with Gasteiger partial charge in [-0.1, -0.05) is 0 Å². The molecule has 4 heteroatoms. The molecule has 0 spiro atoms. The molecule has 0 aliphatic heterocycles. The summed E-state index contributed by atoms with van der Waals surface area (Å²) in [6, 6.07) is 3.36. The van der Waals surface area contributed by atoms with Crippen molar-refractivity contribution in [3.8, 4) is 11.5 Å². The van der Waals surface area contributed by atoms with Crippen LogP contribution in [0.4, 0.5) is 0 Å². The van der Waals surface area contributed by atoms with E-state index in [4.69, 9.17) is 14.6 Å². The second kappa shape index (κ2) is 4.68. The van der Waals surface area contributed by atoms with Gasteiger partial charge < -0.3 is 14.6 Å². The van der Waals surface area contributed by atoms with Crippen molar-refractivity contribution in [3.05, 3.63) is 23.3 Å². The standard InChI is InChI=1S/C11H14O4/c1-4-15-9-6-7(2)5-8(14-3)10(9)11(12)13/h5-6H,4H2,1-3H3,(H,12,13). The zero-order valence-corrected chi connectivity index (χ0v) is 9.03. The normalized spacial score (nSPS) is 9.80. The fourth-order valence-corrected chi connectivity index (χ4v) is 1.36. The van der Waals surface area contributed by atoms with Crippen molar-refractivity contribution in [2.75, 3.05) is 13.7 Å². The second-order valence-corrected chi connectivity index (χ2v) is 3.08. The maximum absolute atomic E-state index is 11.0. The fourth-order valence-electron chi connectivity index (χ4n) is 1.36. The topological polar surface area (TPSA) is 55.8 Å². The first-order valence-corrected chi connectivity index (χ1v) is 4.64. The van der Waals surface area contributed by atoms with Gasteiger partial charge in [-0.3, -0.25) is 0 Å². The molecule has 0 atom stereocenters. The molecule has 15 heavy (non-hydrogen) atoms. The monoisotopic (exact) mass is 210 g/mol. The van der Waals surface area contributed by atoms with Gasteiger partial charge in [0.15, 0.2) is 0 Å². The van der Waals surface area contributed by atoms with E-state index in [-0.39, 0.29) is 5.56 Å². The maximum atomic E-state index is 11.0. The Morgan fingerprint density at radius 2 is 2.00 bits per heavy atom. The number of hydrogen-bond acceptors (Lipinski definition) is 3. The molecule has 0 aliphatic carbocycles. The first-order valence-electron chi connectivity index (χ1n) is 4.64.